The fraction of sp³-hybridized carbons (Fsp3) is 0.538. The second-order valence-corrected chi connectivity index (χ2v) is 4.65. The lowest BCUT2D eigenvalue weighted by molar-refractivity contribution is 0.421. The van der Waals surface area contributed by atoms with Crippen LogP contribution in [0.3, 0.4) is 0 Å². The molecule has 1 aromatic carbocycles. The minimum atomic E-state index is 0.642. The Morgan fingerprint density at radius 2 is 1.93 bits per heavy atom. The van der Waals surface area contributed by atoms with E-state index in [0.29, 0.717) is 6.04 Å². The summed E-state index contributed by atoms with van der Waals surface area (Å²) in [5.74, 6) is 1.87. The first-order valence-electron chi connectivity index (χ1n) is 5.73. The van der Waals surface area contributed by atoms with Gasteiger partial charge >= 0.3 is 0 Å². The molecule has 14 heavy (non-hydrogen) atoms. The summed E-state index contributed by atoms with van der Waals surface area (Å²) in [5, 5.41) is 3.67. The zero-order valence-corrected chi connectivity index (χ0v) is 8.45. The summed E-state index contributed by atoms with van der Waals surface area (Å²) in [4.78, 5) is 0. The first kappa shape index (κ1) is 8.49. The molecule has 1 nitrogen and oxygen atoms in total. The molecule has 3 atom stereocenters. The highest BCUT2D eigenvalue weighted by Crippen LogP contribution is 2.44. The van der Waals surface area contributed by atoms with Crippen LogP contribution in [0.25, 0.3) is 0 Å². The van der Waals surface area contributed by atoms with Gasteiger partial charge in [-0.25, -0.2) is 0 Å². The molecule has 1 heteroatoms. The lowest BCUT2D eigenvalue weighted by Gasteiger charge is -2.18. The maximum absolute atomic E-state index is 3.67. The third-order valence-electron chi connectivity index (χ3n) is 3.90. The molecule has 2 fully saturated rings. The van der Waals surface area contributed by atoms with Crippen LogP contribution < -0.4 is 5.32 Å². The summed E-state index contributed by atoms with van der Waals surface area (Å²) in [5.41, 5.74) is 1.49. The van der Waals surface area contributed by atoms with E-state index >= 15 is 0 Å². The van der Waals surface area contributed by atoms with E-state index in [0.717, 1.165) is 11.8 Å². The van der Waals surface area contributed by atoms with Gasteiger partial charge in [0.1, 0.15) is 0 Å². The van der Waals surface area contributed by atoms with Crippen LogP contribution in [0.4, 0.5) is 0 Å². The van der Waals surface area contributed by atoms with Gasteiger partial charge in [-0.1, -0.05) is 36.8 Å². The zero-order valence-electron chi connectivity index (χ0n) is 8.45. The van der Waals surface area contributed by atoms with Crippen molar-refractivity contribution >= 4 is 0 Å². The van der Waals surface area contributed by atoms with E-state index < -0.39 is 0 Å². The standard InChI is InChI=1S/C13H17N/c1-2-5-10(6-3-1)13-12-8-4-7-11(12)9-14-13/h1-3,5-6,11-14H,4,7-9H2/t11-,12-,13?/m0/s1. The van der Waals surface area contributed by atoms with Crippen molar-refractivity contribution < 1.29 is 0 Å². The number of benzene rings is 1. The SMILES string of the molecule is c1ccc(C2NC[C@@H]3CCC[C@H]23)cc1. The van der Waals surface area contributed by atoms with Crippen molar-refractivity contribution in [3.8, 4) is 0 Å². The average Bonchev–Trinajstić information content (AvgIpc) is 2.79. The molecular weight excluding hydrogens is 170 g/mol. The normalized spacial score (nSPS) is 35.9. The van der Waals surface area contributed by atoms with Crippen LogP contribution in [0, 0.1) is 11.8 Å². The maximum Gasteiger partial charge on any atom is 0.0351 e. The highest BCUT2D eigenvalue weighted by molar-refractivity contribution is 5.21. The van der Waals surface area contributed by atoms with Crippen LogP contribution in [0.2, 0.25) is 0 Å². The minimum Gasteiger partial charge on any atom is -0.309 e. The van der Waals surface area contributed by atoms with Gasteiger partial charge in [0.2, 0.25) is 0 Å². The van der Waals surface area contributed by atoms with Gasteiger partial charge in [0, 0.05) is 6.04 Å². The van der Waals surface area contributed by atoms with E-state index in [1.807, 2.05) is 0 Å². The Labute approximate surface area is 85.5 Å². The van der Waals surface area contributed by atoms with Crippen molar-refractivity contribution in [1.82, 2.24) is 5.32 Å². The molecule has 1 aliphatic heterocycles. The molecule has 0 aromatic heterocycles. The third kappa shape index (κ3) is 1.27. The van der Waals surface area contributed by atoms with Crippen molar-refractivity contribution in [2.75, 3.05) is 6.54 Å². The van der Waals surface area contributed by atoms with Gasteiger partial charge in [0.15, 0.2) is 0 Å². The van der Waals surface area contributed by atoms with Crippen molar-refractivity contribution in [1.29, 1.82) is 0 Å². The predicted molar refractivity (Wildman–Crippen MR) is 58.0 cm³/mol. The molecule has 0 amide bonds. The number of hydrogen-bond acceptors (Lipinski definition) is 1. The monoisotopic (exact) mass is 187 g/mol. The molecule has 0 spiro atoms. The molecule has 0 bridgehead atoms. The van der Waals surface area contributed by atoms with Crippen LogP contribution in [0.5, 0.6) is 0 Å². The number of nitrogens with one attached hydrogen (secondary N) is 1. The third-order valence-corrected chi connectivity index (χ3v) is 3.90. The van der Waals surface area contributed by atoms with Crippen molar-refractivity contribution in [3.63, 3.8) is 0 Å². The van der Waals surface area contributed by atoms with E-state index in [9.17, 15) is 0 Å². The summed E-state index contributed by atoms with van der Waals surface area (Å²) in [7, 11) is 0. The van der Waals surface area contributed by atoms with Crippen LogP contribution >= 0.6 is 0 Å². The molecule has 1 saturated carbocycles. The molecule has 1 N–H and O–H groups in total. The molecule has 1 aliphatic carbocycles. The lowest BCUT2D eigenvalue weighted by atomic mass is 9.90. The Morgan fingerprint density at radius 1 is 1.07 bits per heavy atom. The number of fused-ring (bicyclic) bond motifs is 1. The molecule has 74 valence electrons. The Bertz CT molecular complexity index is 306. The highest BCUT2D eigenvalue weighted by atomic mass is 15.0. The van der Waals surface area contributed by atoms with Crippen LogP contribution in [0.1, 0.15) is 30.9 Å². The van der Waals surface area contributed by atoms with Gasteiger partial charge in [0.25, 0.3) is 0 Å². The van der Waals surface area contributed by atoms with Gasteiger partial charge < -0.3 is 5.32 Å². The summed E-state index contributed by atoms with van der Waals surface area (Å²) >= 11 is 0. The minimum absolute atomic E-state index is 0.642. The molecule has 1 aromatic rings. The second kappa shape index (κ2) is 3.39. The second-order valence-electron chi connectivity index (χ2n) is 4.65. The van der Waals surface area contributed by atoms with Gasteiger partial charge in [-0.3, -0.25) is 0 Å². The van der Waals surface area contributed by atoms with E-state index in [-0.39, 0.29) is 0 Å². The van der Waals surface area contributed by atoms with Crippen molar-refractivity contribution in [3.05, 3.63) is 35.9 Å². The summed E-state index contributed by atoms with van der Waals surface area (Å²) < 4.78 is 0. The van der Waals surface area contributed by atoms with Gasteiger partial charge in [0.05, 0.1) is 0 Å². The van der Waals surface area contributed by atoms with Gasteiger partial charge in [-0.05, 0) is 36.8 Å². The van der Waals surface area contributed by atoms with E-state index in [1.165, 1.54) is 31.4 Å². The van der Waals surface area contributed by atoms with Crippen LogP contribution in [-0.4, -0.2) is 6.54 Å². The molecule has 1 heterocycles. The van der Waals surface area contributed by atoms with Crippen molar-refractivity contribution in [2.45, 2.75) is 25.3 Å². The van der Waals surface area contributed by atoms with E-state index in [4.69, 9.17) is 0 Å². The Kier molecular flexibility index (Phi) is 2.06. The van der Waals surface area contributed by atoms with E-state index in [1.54, 1.807) is 0 Å². The molecule has 1 unspecified atom stereocenters. The van der Waals surface area contributed by atoms with Crippen LogP contribution in [0.15, 0.2) is 30.3 Å². The first-order chi connectivity index (χ1) is 6.95. The highest BCUT2D eigenvalue weighted by Gasteiger charge is 2.39. The van der Waals surface area contributed by atoms with Gasteiger partial charge in [-0.15, -0.1) is 0 Å². The van der Waals surface area contributed by atoms with E-state index in [2.05, 4.69) is 35.6 Å². The summed E-state index contributed by atoms with van der Waals surface area (Å²) in [6.07, 6.45) is 4.32. The topological polar surface area (TPSA) is 12.0 Å². The lowest BCUT2D eigenvalue weighted by Crippen LogP contribution is -2.17. The zero-order chi connectivity index (χ0) is 9.38. The molecule has 0 radical (unpaired) electrons. The Balaban J connectivity index is 1.86. The molecule has 3 rings (SSSR count). The fourth-order valence-corrected chi connectivity index (χ4v) is 3.21. The summed E-state index contributed by atoms with van der Waals surface area (Å²) in [6, 6.07) is 11.6. The smallest absolute Gasteiger partial charge is 0.0351 e. The molecule has 2 aliphatic rings. The number of rotatable bonds is 1. The number of hydrogen-bond donors (Lipinski definition) is 1. The predicted octanol–water partition coefficient (Wildman–Crippen LogP) is 2.75. The fourth-order valence-electron chi connectivity index (χ4n) is 3.21. The van der Waals surface area contributed by atoms with Gasteiger partial charge in [-0.2, -0.15) is 0 Å². The van der Waals surface area contributed by atoms with Crippen molar-refractivity contribution in [2.24, 2.45) is 11.8 Å². The average molecular weight is 187 g/mol. The molecule has 1 saturated heterocycles. The molecular formula is C13H17N. The van der Waals surface area contributed by atoms with Crippen LogP contribution in [-0.2, 0) is 0 Å². The maximum atomic E-state index is 3.67. The first-order valence-corrected chi connectivity index (χ1v) is 5.73. The summed E-state index contributed by atoms with van der Waals surface area (Å²) in [6.45, 7) is 1.24. The largest absolute Gasteiger partial charge is 0.309 e. The Hall–Kier alpha value is -0.820. The Morgan fingerprint density at radius 3 is 2.79 bits per heavy atom. The quantitative estimate of drug-likeness (QED) is 0.713.